The van der Waals surface area contributed by atoms with Crippen molar-refractivity contribution >= 4 is 16.9 Å². The summed E-state index contributed by atoms with van der Waals surface area (Å²) in [7, 11) is 0. The molecule has 2 aromatic carbocycles. The van der Waals surface area contributed by atoms with Gasteiger partial charge in [-0.25, -0.2) is 20.2 Å². The van der Waals surface area contributed by atoms with Gasteiger partial charge in [-0.05, 0) is 49.1 Å². The summed E-state index contributed by atoms with van der Waals surface area (Å²) in [5, 5.41) is 3.37. The zero-order valence-electron chi connectivity index (χ0n) is 20.2. The Kier molecular flexibility index (Phi) is 7.40. The summed E-state index contributed by atoms with van der Waals surface area (Å²) >= 11 is 0. The molecule has 0 aliphatic carbocycles. The van der Waals surface area contributed by atoms with Crippen LogP contribution >= 0.6 is 0 Å². The van der Waals surface area contributed by atoms with E-state index in [-0.39, 0.29) is 11.9 Å². The van der Waals surface area contributed by atoms with E-state index in [1.54, 1.807) is 10.8 Å². The Balaban J connectivity index is 1.55. The van der Waals surface area contributed by atoms with Gasteiger partial charge in [-0.15, -0.1) is 0 Å². The van der Waals surface area contributed by atoms with E-state index in [1.165, 1.54) is 5.56 Å². The van der Waals surface area contributed by atoms with Crippen molar-refractivity contribution in [3.05, 3.63) is 76.3 Å². The Morgan fingerprint density at radius 2 is 1.82 bits per heavy atom. The lowest BCUT2D eigenvalue weighted by Gasteiger charge is -2.17. The quantitative estimate of drug-likeness (QED) is 0.209. The molecule has 0 saturated heterocycles. The third-order valence-electron chi connectivity index (χ3n) is 5.76. The largest absolute Gasteiger partial charge is 0.328 e. The molecule has 0 aliphatic heterocycles. The molecule has 0 amide bonds. The fraction of sp³-hybridized carbons (Fsp3) is 0.346. The number of hydrogen-bond donors (Lipinski definition) is 4. The second-order valence-corrected chi connectivity index (χ2v) is 8.83. The van der Waals surface area contributed by atoms with Gasteiger partial charge in [0.05, 0.1) is 18.9 Å². The summed E-state index contributed by atoms with van der Waals surface area (Å²) in [4.78, 5) is 24.9. The molecule has 0 bridgehead atoms. The van der Waals surface area contributed by atoms with E-state index in [4.69, 9.17) is 4.98 Å². The maximum atomic E-state index is 12.7. The number of benzene rings is 2. The molecule has 0 aliphatic rings. The van der Waals surface area contributed by atoms with E-state index < -0.39 is 0 Å². The second-order valence-electron chi connectivity index (χ2n) is 8.83. The fourth-order valence-corrected chi connectivity index (χ4v) is 3.91. The minimum Gasteiger partial charge on any atom is -0.320 e. The molecule has 34 heavy (non-hydrogen) atoms. The van der Waals surface area contributed by atoms with Crippen molar-refractivity contribution in [3.63, 3.8) is 0 Å². The zero-order valence-corrected chi connectivity index (χ0v) is 20.2. The highest BCUT2D eigenvalue weighted by Crippen LogP contribution is 2.27. The molecule has 178 valence electrons. The van der Waals surface area contributed by atoms with Crippen molar-refractivity contribution in [3.8, 4) is 11.4 Å². The lowest BCUT2D eigenvalue weighted by Crippen LogP contribution is -2.43. The van der Waals surface area contributed by atoms with E-state index in [1.807, 2.05) is 42.5 Å². The number of aromatic amines is 1. The van der Waals surface area contributed by atoms with E-state index in [9.17, 15) is 4.79 Å². The van der Waals surface area contributed by atoms with Crippen LogP contribution in [0.2, 0.25) is 0 Å². The van der Waals surface area contributed by atoms with Gasteiger partial charge in [-0.3, -0.25) is 4.57 Å². The van der Waals surface area contributed by atoms with Crippen molar-refractivity contribution in [1.29, 1.82) is 0 Å². The maximum Gasteiger partial charge on any atom is 0.328 e. The monoisotopic (exact) mass is 459 g/mol. The number of rotatable bonds is 10. The maximum absolute atomic E-state index is 12.7. The number of hydrogen-bond acceptors (Lipinski definition) is 6. The SMILES string of the molecule is CCCNC(C)NNc1ccc(Cn2c(=O)[nH]c3cnc(-c4ccccc4C(C)C)nc32)cc1. The molecule has 0 fully saturated rings. The van der Waals surface area contributed by atoms with Crippen LogP contribution in [0.25, 0.3) is 22.6 Å². The van der Waals surface area contributed by atoms with Crippen LogP contribution < -0.4 is 21.9 Å². The molecule has 2 heterocycles. The third kappa shape index (κ3) is 5.35. The first-order valence-electron chi connectivity index (χ1n) is 11.8. The van der Waals surface area contributed by atoms with Gasteiger partial charge in [0, 0.05) is 11.3 Å². The van der Waals surface area contributed by atoms with Crippen molar-refractivity contribution in [2.45, 2.75) is 52.7 Å². The van der Waals surface area contributed by atoms with E-state index in [0.717, 1.165) is 29.8 Å². The van der Waals surface area contributed by atoms with Crippen LogP contribution in [0.1, 0.15) is 51.2 Å². The molecule has 0 spiro atoms. The minimum absolute atomic E-state index is 0.152. The molecule has 4 rings (SSSR count). The number of H-pyrrole nitrogens is 1. The first kappa shape index (κ1) is 23.7. The Labute approximate surface area is 199 Å². The van der Waals surface area contributed by atoms with Crippen LogP contribution in [-0.2, 0) is 6.54 Å². The summed E-state index contributed by atoms with van der Waals surface area (Å²) < 4.78 is 1.66. The zero-order chi connectivity index (χ0) is 24.1. The van der Waals surface area contributed by atoms with Gasteiger partial charge in [0.25, 0.3) is 0 Å². The number of fused-ring (bicyclic) bond motifs is 1. The van der Waals surface area contributed by atoms with Crippen LogP contribution in [0.4, 0.5) is 5.69 Å². The molecular formula is C26H33N7O. The first-order valence-corrected chi connectivity index (χ1v) is 11.8. The smallest absolute Gasteiger partial charge is 0.320 e. The number of imidazole rings is 1. The highest BCUT2D eigenvalue weighted by atomic mass is 16.1. The summed E-state index contributed by atoms with van der Waals surface area (Å²) in [6, 6.07) is 16.2. The Hall–Kier alpha value is -3.49. The molecule has 4 N–H and O–H groups in total. The average molecular weight is 460 g/mol. The number of aromatic nitrogens is 4. The molecule has 0 radical (unpaired) electrons. The summed E-state index contributed by atoms with van der Waals surface area (Å²) in [6.07, 6.45) is 2.93. The minimum atomic E-state index is -0.196. The van der Waals surface area contributed by atoms with Gasteiger partial charge >= 0.3 is 5.69 Å². The van der Waals surface area contributed by atoms with E-state index in [0.29, 0.717) is 29.5 Å². The topological polar surface area (TPSA) is 99.7 Å². The number of anilines is 1. The fourth-order valence-electron chi connectivity index (χ4n) is 3.91. The highest BCUT2D eigenvalue weighted by Gasteiger charge is 2.15. The molecule has 0 saturated carbocycles. The lowest BCUT2D eigenvalue weighted by molar-refractivity contribution is 0.486. The second kappa shape index (κ2) is 10.6. The Bertz CT molecular complexity index is 1290. The van der Waals surface area contributed by atoms with Crippen molar-refractivity contribution < 1.29 is 0 Å². The Morgan fingerprint density at radius 3 is 2.56 bits per heavy atom. The predicted molar refractivity (Wildman–Crippen MR) is 138 cm³/mol. The van der Waals surface area contributed by atoms with Gasteiger partial charge < -0.3 is 15.7 Å². The normalized spacial score (nSPS) is 12.4. The van der Waals surface area contributed by atoms with E-state index >= 15 is 0 Å². The van der Waals surface area contributed by atoms with Crippen molar-refractivity contribution in [2.75, 3.05) is 12.0 Å². The molecule has 8 nitrogen and oxygen atoms in total. The van der Waals surface area contributed by atoms with Gasteiger partial charge in [0.15, 0.2) is 11.5 Å². The van der Waals surface area contributed by atoms with E-state index in [2.05, 4.69) is 59.9 Å². The van der Waals surface area contributed by atoms with Crippen LogP contribution in [-0.4, -0.2) is 32.2 Å². The number of hydrazine groups is 1. The van der Waals surface area contributed by atoms with Crippen LogP contribution in [0.3, 0.4) is 0 Å². The summed E-state index contributed by atoms with van der Waals surface area (Å²) in [6.45, 7) is 9.89. The molecule has 1 atom stereocenters. The van der Waals surface area contributed by atoms with Crippen LogP contribution in [0, 0.1) is 0 Å². The average Bonchev–Trinajstić information content (AvgIpc) is 3.16. The molecule has 2 aromatic heterocycles. The molecule has 1 unspecified atom stereocenters. The first-order chi connectivity index (χ1) is 16.5. The van der Waals surface area contributed by atoms with Gasteiger partial charge in [0.2, 0.25) is 0 Å². The molecular weight excluding hydrogens is 426 g/mol. The standard InChI is InChI=1S/C26H33N7O/c1-5-14-27-18(4)31-32-20-12-10-19(11-13-20)16-33-25-23(29-26(33)34)15-28-24(30-25)22-9-7-6-8-21(22)17(2)3/h6-13,15,17-18,27,31-32H,5,14,16H2,1-4H3,(H,29,34). The van der Waals surface area contributed by atoms with Gasteiger partial charge in [-0.1, -0.05) is 57.2 Å². The molecule has 4 aromatic rings. The molecule has 8 heteroatoms. The van der Waals surface area contributed by atoms with Crippen LogP contribution in [0.15, 0.2) is 59.5 Å². The van der Waals surface area contributed by atoms with Crippen molar-refractivity contribution in [2.24, 2.45) is 0 Å². The van der Waals surface area contributed by atoms with Gasteiger partial charge in [-0.2, -0.15) is 0 Å². The lowest BCUT2D eigenvalue weighted by atomic mass is 9.97. The predicted octanol–water partition coefficient (Wildman–Crippen LogP) is 4.22. The summed E-state index contributed by atoms with van der Waals surface area (Å²) in [5.41, 5.74) is 11.6. The Morgan fingerprint density at radius 1 is 1.06 bits per heavy atom. The van der Waals surface area contributed by atoms with Crippen molar-refractivity contribution in [1.82, 2.24) is 30.3 Å². The highest BCUT2D eigenvalue weighted by molar-refractivity contribution is 5.73. The summed E-state index contributed by atoms with van der Waals surface area (Å²) in [5.74, 6) is 0.969. The van der Waals surface area contributed by atoms with Crippen LogP contribution in [0.5, 0.6) is 0 Å². The number of nitrogens with zero attached hydrogens (tertiary/aromatic N) is 3. The number of nitrogens with one attached hydrogen (secondary N) is 4. The third-order valence-corrected chi connectivity index (χ3v) is 5.76. The van der Waals surface area contributed by atoms with Gasteiger partial charge in [0.1, 0.15) is 5.52 Å².